The van der Waals surface area contributed by atoms with Crippen molar-refractivity contribution in [3.8, 4) is 11.5 Å². The highest BCUT2D eigenvalue weighted by Gasteiger charge is 2.25. The lowest BCUT2D eigenvalue weighted by molar-refractivity contribution is -0.135. The summed E-state index contributed by atoms with van der Waals surface area (Å²) in [6.07, 6.45) is 0.437. The first-order chi connectivity index (χ1) is 12.3. The largest absolute Gasteiger partial charge is 0.493 e. The van der Waals surface area contributed by atoms with Gasteiger partial charge in [0.2, 0.25) is 5.91 Å². The Morgan fingerprint density at radius 3 is 2.15 bits per heavy atom. The Labute approximate surface area is 164 Å². The standard InChI is InChI=1S/C20H33NO5S/c1-14(2)21(19(22)12-20(5,6)7)13-16-9-10-17(25-8)18(11-16)26-27(23,24)15(3)4/h9-11,14-15H,12-13H2,1-8H3. The molecular weight excluding hydrogens is 366 g/mol. The predicted octanol–water partition coefficient (Wildman–Crippen LogP) is 3.99. The average Bonchev–Trinajstić information content (AvgIpc) is 2.50. The van der Waals surface area contributed by atoms with Gasteiger partial charge in [0, 0.05) is 19.0 Å². The number of nitrogens with zero attached hydrogens (tertiary/aromatic N) is 1. The van der Waals surface area contributed by atoms with Gasteiger partial charge in [0.15, 0.2) is 11.5 Å². The Morgan fingerprint density at radius 2 is 1.70 bits per heavy atom. The molecule has 154 valence electrons. The molecule has 0 bridgehead atoms. The van der Waals surface area contributed by atoms with E-state index in [0.29, 0.717) is 18.7 Å². The lowest BCUT2D eigenvalue weighted by Gasteiger charge is -2.30. The molecule has 1 amide bonds. The van der Waals surface area contributed by atoms with E-state index >= 15 is 0 Å². The highest BCUT2D eigenvalue weighted by molar-refractivity contribution is 7.87. The summed E-state index contributed by atoms with van der Waals surface area (Å²) in [5, 5.41) is -0.675. The Balaban J connectivity index is 3.15. The highest BCUT2D eigenvalue weighted by Crippen LogP contribution is 2.31. The molecule has 0 radical (unpaired) electrons. The number of amides is 1. The van der Waals surface area contributed by atoms with Gasteiger partial charge in [-0.3, -0.25) is 4.79 Å². The van der Waals surface area contributed by atoms with Crippen LogP contribution in [0.4, 0.5) is 0 Å². The number of ether oxygens (including phenoxy) is 1. The van der Waals surface area contributed by atoms with Gasteiger partial charge in [-0.05, 0) is 50.8 Å². The minimum atomic E-state index is -3.75. The molecule has 1 aromatic rings. The molecule has 0 aliphatic heterocycles. The molecule has 0 unspecified atom stereocenters. The first-order valence-corrected chi connectivity index (χ1v) is 10.6. The highest BCUT2D eigenvalue weighted by atomic mass is 32.2. The van der Waals surface area contributed by atoms with Crippen LogP contribution in [0.25, 0.3) is 0 Å². The van der Waals surface area contributed by atoms with Crippen molar-refractivity contribution in [3.05, 3.63) is 23.8 Å². The van der Waals surface area contributed by atoms with Crippen LogP contribution >= 0.6 is 0 Å². The SMILES string of the molecule is COc1ccc(CN(C(=O)CC(C)(C)C)C(C)C)cc1OS(=O)(=O)C(C)C. The molecule has 27 heavy (non-hydrogen) atoms. The number of hydrogen-bond donors (Lipinski definition) is 0. The van der Waals surface area contributed by atoms with Gasteiger partial charge in [0.05, 0.1) is 12.4 Å². The normalized spacial score (nSPS) is 12.4. The van der Waals surface area contributed by atoms with E-state index in [1.165, 1.54) is 7.11 Å². The third-order valence-electron chi connectivity index (χ3n) is 3.99. The Bertz CT molecular complexity index is 748. The fourth-order valence-electron chi connectivity index (χ4n) is 2.42. The van der Waals surface area contributed by atoms with Crippen LogP contribution in [-0.2, 0) is 21.5 Å². The quantitative estimate of drug-likeness (QED) is 0.618. The Kier molecular flexibility index (Phi) is 7.72. The molecule has 0 N–H and O–H groups in total. The van der Waals surface area contributed by atoms with E-state index in [9.17, 15) is 13.2 Å². The molecule has 7 heteroatoms. The van der Waals surface area contributed by atoms with Gasteiger partial charge < -0.3 is 13.8 Å². The van der Waals surface area contributed by atoms with E-state index in [1.807, 2.05) is 40.7 Å². The third-order valence-corrected chi connectivity index (χ3v) is 5.56. The lowest BCUT2D eigenvalue weighted by atomic mass is 9.91. The number of carbonyl (C=O) groups is 1. The van der Waals surface area contributed by atoms with E-state index < -0.39 is 15.4 Å². The zero-order chi connectivity index (χ0) is 21.0. The summed E-state index contributed by atoms with van der Waals surface area (Å²) in [5.41, 5.74) is 0.671. The maximum atomic E-state index is 12.7. The smallest absolute Gasteiger partial charge is 0.311 e. The summed E-state index contributed by atoms with van der Waals surface area (Å²) < 4.78 is 34.7. The maximum Gasteiger partial charge on any atom is 0.311 e. The van der Waals surface area contributed by atoms with Crippen LogP contribution in [0.5, 0.6) is 11.5 Å². The molecule has 0 aromatic heterocycles. The van der Waals surface area contributed by atoms with Crippen molar-refractivity contribution in [1.29, 1.82) is 0 Å². The number of hydrogen-bond acceptors (Lipinski definition) is 5. The summed E-state index contributed by atoms with van der Waals surface area (Å²) >= 11 is 0. The molecule has 0 spiro atoms. The van der Waals surface area contributed by atoms with Crippen molar-refractivity contribution >= 4 is 16.0 Å². The molecule has 0 aliphatic rings. The van der Waals surface area contributed by atoms with Crippen molar-refractivity contribution in [1.82, 2.24) is 4.90 Å². The van der Waals surface area contributed by atoms with Gasteiger partial charge in [-0.25, -0.2) is 0 Å². The van der Waals surface area contributed by atoms with Crippen LogP contribution < -0.4 is 8.92 Å². The molecule has 0 fully saturated rings. The lowest BCUT2D eigenvalue weighted by Crippen LogP contribution is -2.38. The average molecular weight is 400 g/mol. The molecule has 0 aliphatic carbocycles. The van der Waals surface area contributed by atoms with Gasteiger partial charge in [-0.15, -0.1) is 0 Å². The zero-order valence-corrected chi connectivity index (χ0v) is 18.5. The number of carbonyl (C=O) groups excluding carboxylic acids is 1. The molecule has 1 rings (SSSR count). The van der Waals surface area contributed by atoms with E-state index in [4.69, 9.17) is 8.92 Å². The summed E-state index contributed by atoms with van der Waals surface area (Å²) in [6.45, 7) is 13.5. The number of benzene rings is 1. The fraction of sp³-hybridized carbons (Fsp3) is 0.650. The van der Waals surface area contributed by atoms with Gasteiger partial charge in [-0.1, -0.05) is 26.8 Å². The van der Waals surface area contributed by atoms with Crippen molar-refractivity contribution < 1.29 is 22.1 Å². The summed E-state index contributed by atoms with van der Waals surface area (Å²) in [7, 11) is -2.29. The topological polar surface area (TPSA) is 72.9 Å². The second-order valence-corrected chi connectivity index (χ2v) is 10.6. The maximum absolute atomic E-state index is 12.7. The summed E-state index contributed by atoms with van der Waals surface area (Å²) in [5.74, 6) is 0.529. The first-order valence-electron chi connectivity index (χ1n) is 9.16. The van der Waals surface area contributed by atoms with Crippen molar-refractivity contribution in [2.75, 3.05) is 7.11 Å². The van der Waals surface area contributed by atoms with E-state index in [-0.39, 0.29) is 23.1 Å². The second kappa shape index (κ2) is 8.95. The van der Waals surface area contributed by atoms with Crippen molar-refractivity contribution in [2.24, 2.45) is 5.41 Å². The fourth-order valence-corrected chi connectivity index (χ4v) is 2.99. The molecule has 6 nitrogen and oxygen atoms in total. The Hall–Kier alpha value is -1.76. The molecule has 0 heterocycles. The summed E-state index contributed by atoms with van der Waals surface area (Å²) in [4.78, 5) is 14.5. The van der Waals surface area contributed by atoms with E-state index in [1.54, 1.807) is 30.9 Å². The molecule has 0 atom stereocenters. The molecule has 0 saturated heterocycles. The van der Waals surface area contributed by atoms with Crippen LogP contribution in [0.2, 0.25) is 0 Å². The van der Waals surface area contributed by atoms with Crippen LogP contribution in [0.1, 0.15) is 60.5 Å². The second-order valence-electron chi connectivity index (χ2n) is 8.46. The van der Waals surface area contributed by atoms with Crippen molar-refractivity contribution in [2.45, 2.75) is 72.7 Å². The first kappa shape index (κ1) is 23.3. The minimum Gasteiger partial charge on any atom is -0.493 e. The van der Waals surface area contributed by atoms with Crippen LogP contribution in [-0.4, -0.2) is 37.6 Å². The molecule has 0 saturated carbocycles. The third kappa shape index (κ3) is 7.05. The van der Waals surface area contributed by atoms with Gasteiger partial charge in [-0.2, -0.15) is 8.42 Å². The predicted molar refractivity (Wildman–Crippen MR) is 107 cm³/mol. The molecular formula is C20H33NO5S. The van der Waals surface area contributed by atoms with Crippen molar-refractivity contribution in [3.63, 3.8) is 0 Å². The molecule has 1 aromatic carbocycles. The van der Waals surface area contributed by atoms with Crippen LogP contribution in [0.3, 0.4) is 0 Å². The zero-order valence-electron chi connectivity index (χ0n) is 17.7. The number of methoxy groups -OCH3 is 1. The van der Waals surface area contributed by atoms with E-state index in [2.05, 4.69) is 0 Å². The van der Waals surface area contributed by atoms with Crippen LogP contribution in [0.15, 0.2) is 18.2 Å². The van der Waals surface area contributed by atoms with Gasteiger partial charge in [0.25, 0.3) is 0 Å². The minimum absolute atomic E-state index is 0.0192. The summed E-state index contributed by atoms with van der Waals surface area (Å²) in [6, 6.07) is 5.12. The Morgan fingerprint density at radius 1 is 1.11 bits per heavy atom. The van der Waals surface area contributed by atoms with E-state index in [0.717, 1.165) is 5.56 Å². The van der Waals surface area contributed by atoms with Gasteiger partial charge in [0.1, 0.15) is 0 Å². The van der Waals surface area contributed by atoms with Gasteiger partial charge >= 0.3 is 10.1 Å². The monoisotopic (exact) mass is 399 g/mol. The van der Waals surface area contributed by atoms with Crippen LogP contribution in [0, 0.1) is 5.41 Å². The number of rotatable bonds is 8.